The minimum atomic E-state index is -0.866. The summed E-state index contributed by atoms with van der Waals surface area (Å²) in [4.78, 5) is 31.7. The van der Waals surface area contributed by atoms with Gasteiger partial charge >= 0.3 is 0 Å². The van der Waals surface area contributed by atoms with Gasteiger partial charge in [0.05, 0.1) is 11.6 Å². The van der Waals surface area contributed by atoms with Crippen molar-refractivity contribution >= 4 is 46.3 Å². The van der Waals surface area contributed by atoms with Gasteiger partial charge in [-0.05, 0) is 48.4 Å². The van der Waals surface area contributed by atoms with Crippen LogP contribution in [0.5, 0.6) is 0 Å². The van der Waals surface area contributed by atoms with Gasteiger partial charge in [-0.3, -0.25) is 19.5 Å². The predicted molar refractivity (Wildman–Crippen MR) is 117 cm³/mol. The summed E-state index contributed by atoms with van der Waals surface area (Å²) >= 11 is 12.3. The molecule has 0 saturated carbocycles. The summed E-state index contributed by atoms with van der Waals surface area (Å²) in [5.41, 5.74) is 2.04. The lowest BCUT2D eigenvalue weighted by molar-refractivity contribution is -0.132. The number of nitrogens with zero attached hydrogens (tertiary/aromatic N) is 2. The highest BCUT2D eigenvalue weighted by atomic mass is 35.5. The first-order valence-corrected chi connectivity index (χ1v) is 9.87. The number of halogens is 2. The van der Waals surface area contributed by atoms with Crippen LogP contribution >= 0.6 is 23.2 Å². The molecule has 0 bridgehead atoms. The normalized spacial score (nSPS) is 18.1. The van der Waals surface area contributed by atoms with E-state index < -0.39 is 17.7 Å². The molecule has 1 aromatic heterocycles. The molecule has 2 heterocycles. The highest BCUT2D eigenvalue weighted by Gasteiger charge is 2.47. The number of rotatable bonds is 3. The van der Waals surface area contributed by atoms with Gasteiger partial charge in [0.1, 0.15) is 5.76 Å². The lowest BCUT2D eigenvalue weighted by atomic mass is 9.96. The molecule has 1 aliphatic rings. The quantitative estimate of drug-likeness (QED) is 0.341. The maximum absolute atomic E-state index is 13.1. The number of hydrogen-bond acceptors (Lipinski definition) is 4. The van der Waals surface area contributed by atoms with Gasteiger partial charge in [0, 0.05) is 33.7 Å². The number of pyridine rings is 1. The van der Waals surface area contributed by atoms with Crippen molar-refractivity contribution in [3.8, 4) is 0 Å². The van der Waals surface area contributed by atoms with Gasteiger partial charge in [0.15, 0.2) is 0 Å². The van der Waals surface area contributed by atoms with E-state index in [1.807, 2.05) is 0 Å². The smallest absolute Gasteiger partial charge is 0.300 e. The van der Waals surface area contributed by atoms with E-state index in [4.69, 9.17) is 23.2 Å². The number of aliphatic hydroxyl groups excluding tert-OH is 1. The third-order valence-electron chi connectivity index (χ3n) is 5.04. The molecule has 7 heteroatoms. The van der Waals surface area contributed by atoms with E-state index in [1.54, 1.807) is 67.8 Å². The Hall–Kier alpha value is -3.15. The van der Waals surface area contributed by atoms with E-state index in [-0.39, 0.29) is 11.3 Å². The van der Waals surface area contributed by atoms with Crippen molar-refractivity contribution in [3.05, 3.63) is 99.3 Å². The van der Waals surface area contributed by atoms with Gasteiger partial charge in [0.2, 0.25) is 0 Å². The molecule has 0 spiro atoms. The third-order valence-corrected chi connectivity index (χ3v) is 5.69. The second kappa shape index (κ2) is 7.94. The average molecular weight is 439 g/mol. The van der Waals surface area contributed by atoms with Crippen molar-refractivity contribution in [3.63, 3.8) is 0 Å². The maximum atomic E-state index is 13.1. The van der Waals surface area contributed by atoms with E-state index >= 15 is 0 Å². The fraction of sp³-hybridized carbons (Fsp3) is 0.0870. The van der Waals surface area contributed by atoms with Crippen molar-refractivity contribution in [2.24, 2.45) is 0 Å². The van der Waals surface area contributed by atoms with Crippen molar-refractivity contribution in [1.82, 2.24) is 4.98 Å². The van der Waals surface area contributed by atoms with E-state index in [1.165, 1.54) is 11.0 Å². The van der Waals surface area contributed by atoms with Crippen LogP contribution in [0.2, 0.25) is 10.0 Å². The summed E-state index contributed by atoms with van der Waals surface area (Å²) in [5.74, 6) is -1.84. The number of anilines is 1. The summed E-state index contributed by atoms with van der Waals surface area (Å²) in [5, 5.41) is 11.9. The zero-order chi connectivity index (χ0) is 21.4. The number of benzene rings is 2. The van der Waals surface area contributed by atoms with Gasteiger partial charge in [-0.25, -0.2) is 0 Å². The van der Waals surface area contributed by atoms with Crippen LogP contribution in [0.3, 0.4) is 0 Å². The molecule has 1 fully saturated rings. The molecule has 1 aliphatic heterocycles. The minimum Gasteiger partial charge on any atom is -0.507 e. The zero-order valence-electron chi connectivity index (χ0n) is 15.8. The first kappa shape index (κ1) is 20.1. The molecular formula is C23H16Cl2N2O3. The van der Waals surface area contributed by atoms with Crippen LogP contribution in [0.4, 0.5) is 5.69 Å². The number of carbonyl (C=O) groups excluding carboxylic acids is 2. The molecule has 150 valence electrons. The first-order chi connectivity index (χ1) is 14.4. The Morgan fingerprint density at radius 1 is 1.07 bits per heavy atom. The second-order valence-electron chi connectivity index (χ2n) is 6.85. The molecule has 0 aliphatic carbocycles. The Labute approximate surface area is 183 Å². The maximum Gasteiger partial charge on any atom is 0.300 e. The number of hydrogen-bond donors (Lipinski definition) is 1. The second-order valence-corrected chi connectivity index (χ2v) is 7.69. The summed E-state index contributed by atoms with van der Waals surface area (Å²) in [7, 11) is 0. The number of ketones is 1. The molecule has 0 radical (unpaired) electrons. The molecule has 1 saturated heterocycles. The molecule has 1 N–H and O–H groups in total. The molecule has 2 aromatic carbocycles. The van der Waals surface area contributed by atoms with E-state index in [0.717, 1.165) is 0 Å². The Bertz CT molecular complexity index is 1190. The SMILES string of the molecule is Cc1c(Cl)cccc1N1C(=O)C(=O)/C(=C(/O)c2cccc(Cl)c2)C1c1cccnc1. The van der Waals surface area contributed by atoms with Crippen molar-refractivity contribution in [2.45, 2.75) is 13.0 Å². The molecule has 1 unspecified atom stereocenters. The highest BCUT2D eigenvalue weighted by Crippen LogP contribution is 2.43. The molecule has 1 atom stereocenters. The largest absolute Gasteiger partial charge is 0.507 e. The Balaban J connectivity index is 1.99. The number of Topliss-reactive ketones (excluding diaryl/α,β-unsaturated/α-hetero) is 1. The van der Waals surface area contributed by atoms with E-state index in [0.29, 0.717) is 32.4 Å². The monoisotopic (exact) mass is 438 g/mol. The van der Waals surface area contributed by atoms with Crippen LogP contribution in [0.1, 0.15) is 22.7 Å². The number of aromatic nitrogens is 1. The number of amides is 1. The Kier molecular flexibility index (Phi) is 5.33. The van der Waals surface area contributed by atoms with Crippen LogP contribution in [0.25, 0.3) is 5.76 Å². The van der Waals surface area contributed by atoms with Gasteiger partial charge in [-0.2, -0.15) is 0 Å². The average Bonchev–Trinajstić information content (AvgIpc) is 3.01. The lowest BCUT2D eigenvalue weighted by Gasteiger charge is -2.26. The van der Waals surface area contributed by atoms with Crippen LogP contribution in [-0.2, 0) is 9.59 Å². The van der Waals surface area contributed by atoms with E-state index in [2.05, 4.69) is 4.98 Å². The van der Waals surface area contributed by atoms with Gasteiger partial charge in [-0.1, -0.05) is 47.5 Å². The zero-order valence-corrected chi connectivity index (χ0v) is 17.4. The molecule has 3 aromatic rings. The molecular weight excluding hydrogens is 423 g/mol. The van der Waals surface area contributed by atoms with Crippen LogP contribution in [-0.4, -0.2) is 21.8 Å². The van der Waals surface area contributed by atoms with Crippen LogP contribution in [0.15, 0.2) is 72.6 Å². The fourth-order valence-corrected chi connectivity index (χ4v) is 3.94. The summed E-state index contributed by atoms with van der Waals surface area (Å²) in [6, 6.07) is 14.2. The summed E-state index contributed by atoms with van der Waals surface area (Å²) in [6.07, 6.45) is 3.16. The van der Waals surface area contributed by atoms with Gasteiger partial charge < -0.3 is 5.11 Å². The van der Waals surface area contributed by atoms with E-state index in [9.17, 15) is 14.7 Å². The molecule has 4 rings (SSSR count). The standard InChI is InChI=1S/C23H16Cl2N2O3/c1-13-17(25)8-3-9-18(13)27-20(15-6-4-10-26-12-15)19(22(29)23(27)30)21(28)14-5-2-7-16(24)11-14/h2-12,20,28H,1H3/b21-19+. The van der Waals surface area contributed by atoms with Crippen molar-refractivity contribution < 1.29 is 14.7 Å². The van der Waals surface area contributed by atoms with Gasteiger partial charge in [0.25, 0.3) is 11.7 Å². The lowest BCUT2D eigenvalue weighted by Crippen LogP contribution is -2.30. The topological polar surface area (TPSA) is 70.5 Å². The summed E-state index contributed by atoms with van der Waals surface area (Å²) in [6.45, 7) is 1.77. The van der Waals surface area contributed by atoms with Crippen LogP contribution in [0, 0.1) is 6.92 Å². The Morgan fingerprint density at radius 2 is 1.83 bits per heavy atom. The molecule has 5 nitrogen and oxygen atoms in total. The molecule has 1 amide bonds. The number of aliphatic hydroxyl groups is 1. The number of carbonyl (C=O) groups is 2. The predicted octanol–water partition coefficient (Wildman–Crippen LogP) is 5.32. The van der Waals surface area contributed by atoms with Crippen LogP contribution < -0.4 is 4.90 Å². The van der Waals surface area contributed by atoms with Crippen molar-refractivity contribution in [1.29, 1.82) is 0 Å². The minimum absolute atomic E-state index is 0.0327. The Morgan fingerprint density at radius 3 is 2.53 bits per heavy atom. The highest BCUT2D eigenvalue weighted by molar-refractivity contribution is 6.52. The molecule has 30 heavy (non-hydrogen) atoms. The first-order valence-electron chi connectivity index (χ1n) is 9.12. The fourth-order valence-electron chi connectivity index (χ4n) is 3.58. The third kappa shape index (κ3) is 3.36. The van der Waals surface area contributed by atoms with Gasteiger partial charge in [-0.15, -0.1) is 0 Å². The van der Waals surface area contributed by atoms with Crippen molar-refractivity contribution in [2.75, 3.05) is 4.90 Å². The summed E-state index contributed by atoms with van der Waals surface area (Å²) < 4.78 is 0.